The Kier molecular flexibility index (Phi) is 7.97. The van der Waals surface area contributed by atoms with Gasteiger partial charge >= 0.3 is 5.97 Å². The van der Waals surface area contributed by atoms with Gasteiger partial charge in [-0.1, -0.05) is 35.5 Å². The molecule has 0 aliphatic rings. The number of oxime groups is 1. The Balaban J connectivity index is 1.73. The number of hydrogen-bond acceptors (Lipinski definition) is 6. The first-order valence-corrected chi connectivity index (χ1v) is 10.8. The summed E-state index contributed by atoms with van der Waals surface area (Å²) in [5.74, 6) is -1.38. The Morgan fingerprint density at radius 3 is 2.47 bits per heavy atom. The minimum atomic E-state index is -0.619. The molecule has 8 nitrogen and oxygen atoms in total. The number of nitrogens with one attached hydrogen (secondary N) is 1. The molecule has 0 saturated heterocycles. The minimum Gasteiger partial charge on any atom is -0.619 e. The quantitative estimate of drug-likeness (QED) is 0.133. The fraction of sp³-hybridized carbons (Fsp3) is 0.231. The van der Waals surface area contributed by atoms with Gasteiger partial charge in [-0.15, -0.1) is 0 Å². The van der Waals surface area contributed by atoms with E-state index in [2.05, 4.69) is 10.5 Å². The van der Waals surface area contributed by atoms with Gasteiger partial charge < -0.3 is 20.5 Å². The number of pyridine rings is 1. The van der Waals surface area contributed by atoms with E-state index in [1.54, 1.807) is 44.2 Å². The first-order valence-electron chi connectivity index (χ1n) is 10.8. The number of esters is 1. The van der Waals surface area contributed by atoms with Crippen molar-refractivity contribution < 1.29 is 24.3 Å². The molecule has 0 saturated carbocycles. The molecule has 2 atom stereocenters. The fourth-order valence-electron chi connectivity index (χ4n) is 3.68. The average Bonchev–Trinajstić information content (AvgIpc) is 2.86. The molecular formula is C26H27N3O5. The molecular weight excluding hydrogens is 434 g/mol. The number of carbonyl (C=O) groups is 2. The van der Waals surface area contributed by atoms with Crippen LogP contribution in [-0.4, -0.2) is 35.9 Å². The molecule has 0 aliphatic carbocycles. The van der Waals surface area contributed by atoms with Gasteiger partial charge in [-0.25, -0.2) is 0 Å². The van der Waals surface area contributed by atoms with Crippen LogP contribution >= 0.6 is 0 Å². The van der Waals surface area contributed by atoms with Crippen LogP contribution in [0, 0.1) is 11.1 Å². The highest BCUT2D eigenvalue weighted by Gasteiger charge is 2.28. The second kappa shape index (κ2) is 11.1. The molecule has 0 bridgehead atoms. The monoisotopic (exact) mass is 461 g/mol. The predicted octanol–water partition coefficient (Wildman–Crippen LogP) is 3.34. The van der Waals surface area contributed by atoms with Crippen molar-refractivity contribution >= 4 is 17.6 Å². The van der Waals surface area contributed by atoms with E-state index < -0.39 is 17.9 Å². The summed E-state index contributed by atoms with van der Waals surface area (Å²) < 4.78 is 5.71. The van der Waals surface area contributed by atoms with Gasteiger partial charge in [-0.3, -0.25) is 9.59 Å². The Bertz CT molecular complexity index is 1190. The third-order valence-electron chi connectivity index (χ3n) is 5.67. The van der Waals surface area contributed by atoms with E-state index in [9.17, 15) is 14.8 Å². The first kappa shape index (κ1) is 24.4. The number of hydrogen-bond donors (Lipinski definition) is 2. The molecule has 1 aromatic heterocycles. The van der Waals surface area contributed by atoms with Crippen LogP contribution in [0.1, 0.15) is 35.3 Å². The summed E-state index contributed by atoms with van der Waals surface area (Å²) in [5, 5.41) is 26.6. The lowest BCUT2D eigenvalue weighted by molar-refractivity contribution is -0.604. The maximum absolute atomic E-state index is 12.8. The summed E-state index contributed by atoms with van der Waals surface area (Å²) >= 11 is 0. The summed E-state index contributed by atoms with van der Waals surface area (Å²) in [5.41, 5.74) is 4.03. The number of rotatable bonds is 8. The van der Waals surface area contributed by atoms with Crippen molar-refractivity contribution in [1.29, 1.82) is 0 Å². The summed E-state index contributed by atoms with van der Waals surface area (Å²) in [4.78, 5) is 25.4. The first-order chi connectivity index (χ1) is 16.3. The third-order valence-corrected chi connectivity index (χ3v) is 5.67. The number of aromatic nitrogens is 1. The fourth-order valence-corrected chi connectivity index (χ4v) is 3.68. The Morgan fingerprint density at radius 1 is 1.09 bits per heavy atom. The Morgan fingerprint density at radius 2 is 1.82 bits per heavy atom. The smallest absolute Gasteiger partial charge is 0.311 e. The van der Waals surface area contributed by atoms with Crippen LogP contribution in [0.4, 0.5) is 0 Å². The summed E-state index contributed by atoms with van der Waals surface area (Å²) in [6.45, 7) is 3.44. The second-order valence-electron chi connectivity index (χ2n) is 8.01. The number of amides is 1. The van der Waals surface area contributed by atoms with Gasteiger partial charge in [-0.05, 0) is 61.2 Å². The lowest BCUT2D eigenvalue weighted by Gasteiger charge is -2.23. The van der Waals surface area contributed by atoms with Crippen molar-refractivity contribution in [3.8, 4) is 11.1 Å². The zero-order valence-corrected chi connectivity index (χ0v) is 19.3. The standard InChI is InChI=1S/C26H27N3O5/c1-17(28-32)22-7-4-6-19(14-22)15-24(26(31)34-3)18(2)27-25(30)21-11-9-20(10-12-21)23-8-5-13-29(33)16-23/h4-14,16,18,24,32H,15H2,1-3H3,(H,27,30)/b28-17+/t18?,24-/m1/s1. The maximum atomic E-state index is 12.8. The van der Waals surface area contributed by atoms with Crippen molar-refractivity contribution in [2.45, 2.75) is 26.3 Å². The van der Waals surface area contributed by atoms with Crippen LogP contribution in [0.15, 0.2) is 78.2 Å². The van der Waals surface area contributed by atoms with Crippen LogP contribution in [0.3, 0.4) is 0 Å². The predicted molar refractivity (Wildman–Crippen MR) is 127 cm³/mol. The molecule has 2 aromatic carbocycles. The molecule has 1 amide bonds. The van der Waals surface area contributed by atoms with E-state index in [0.717, 1.165) is 27.0 Å². The van der Waals surface area contributed by atoms with Crippen molar-refractivity contribution in [2.24, 2.45) is 11.1 Å². The van der Waals surface area contributed by atoms with Gasteiger partial charge in [0, 0.05) is 23.2 Å². The molecule has 8 heteroatoms. The van der Waals surface area contributed by atoms with Crippen molar-refractivity contribution in [3.05, 3.63) is 95.0 Å². The van der Waals surface area contributed by atoms with Crippen LogP contribution in [0.5, 0.6) is 0 Å². The van der Waals surface area contributed by atoms with Gasteiger partial charge in [0.25, 0.3) is 5.91 Å². The molecule has 34 heavy (non-hydrogen) atoms. The number of carbonyl (C=O) groups excluding carboxylic acids is 2. The molecule has 0 radical (unpaired) electrons. The van der Waals surface area contributed by atoms with Gasteiger partial charge in [0.2, 0.25) is 0 Å². The zero-order valence-electron chi connectivity index (χ0n) is 19.3. The molecule has 176 valence electrons. The molecule has 0 fully saturated rings. The average molecular weight is 462 g/mol. The number of ether oxygens (including phenoxy) is 1. The molecule has 1 heterocycles. The normalized spacial score (nSPS) is 13.1. The lowest BCUT2D eigenvalue weighted by Crippen LogP contribution is -2.42. The van der Waals surface area contributed by atoms with E-state index in [1.165, 1.54) is 19.5 Å². The van der Waals surface area contributed by atoms with Crippen molar-refractivity contribution in [3.63, 3.8) is 0 Å². The second-order valence-corrected chi connectivity index (χ2v) is 8.01. The highest BCUT2D eigenvalue weighted by Crippen LogP contribution is 2.20. The molecule has 3 rings (SSSR count). The van der Waals surface area contributed by atoms with Crippen molar-refractivity contribution in [2.75, 3.05) is 7.11 Å². The van der Waals surface area contributed by atoms with Gasteiger partial charge in [0.15, 0.2) is 12.4 Å². The summed E-state index contributed by atoms with van der Waals surface area (Å²) in [6, 6.07) is 17.2. The highest BCUT2D eigenvalue weighted by molar-refractivity contribution is 5.98. The summed E-state index contributed by atoms with van der Waals surface area (Å²) in [6.07, 6.45) is 3.20. The maximum Gasteiger partial charge on any atom is 0.311 e. The summed E-state index contributed by atoms with van der Waals surface area (Å²) in [7, 11) is 1.32. The van der Waals surface area contributed by atoms with Gasteiger partial charge in [-0.2, -0.15) is 4.73 Å². The highest BCUT2D eigenvalue weighted by atomic mass is 16.5. The minimum absolute atomic E-state index is 0.322. The molecule has 3 aromatic rings. The number of methoxy groups -OCH3 is 1. The van der Waals surface area contributed by atoms with E-state index in [1.807, 2.05) is 30.3 Å². The Hall–Kier alpha value is -4.20. The lowest BCUT2D eigenvalue weighted by atomic mass is 9.91. The van der Waals surface area contributed by atoms with E-state index in [4.69, 9.17) is 9.94 Å². The Labute approximate surface area is 198 Å². The van der Waals surface area contributed by atoms with E-state index in [0.29, 0.717) is 17.7 Å². The van der Waals surface area contributed by atoms with Crippen molar-refractivity contribution in [1.82, 2.24) is 5.32 Å². The topological polar surface area (TPSA) is 115 Å². The van der Waals surface area contributed by atoms with E-state index >= 15 is 0 Å². The van der Waals surface area contributed by atoms with E-state index in [-0.39, 0.29) is 5.91 Å². The van der Waals surface area contributed by atoms with Crippen LogP contribution in [0.2, 0.25) is 0 Å². The molecule has 2 N–H and O–H groups in total. The van der Waals surface area contributed by atoms with Gasteiger partial charge in [0.1, 0.15) is 0 Å². The SMILES string of the molecule is COC(=O)[C@H](Cc1cccc(/C(C)=N/O)c1)C(C)NC(=O)c1ccc(-c2ccc[n+]([O-])c2)cc1. The van der Waals surface area contributed by atoms with Crippen LogP contribution in [-0.2, 0) is 16.0 Å². The van der Waals surface area contributed by atoms with Gasteiger partial charge in [0.05, 0.1) is 18.7 Å². The van der Waals surface area contributed by atoms with Crippen LogP contribution < -0.4 is 10.0 Å². The molecule has 1 unspecified atom stereocenters. The molecule has 0 aliphatic heterocycles. The third kappa shape index (κ3) is 5.98. The largest absolute Gasteiger partial charge is 0.619 e. The number of nitrogens with zero attached hydrogens (tertiary/aromatic N) is 2. The zero-order chi connectivity index (χ0) is 24.7. The number of benzene rings is 2. The molecule has 0 spiro atoms. The van der Waals surface area contributed by atoms with Crippen LogP contribution in [0.25, 0.3) is 11.1 Å².